The van der Waals surface area contributed by atoms with Crippen molar-refractivity contribution in [3.8, 4) is 0 Å². The summed E-state index contributed by atoms with van der Waals surface area (Å²) in [6.07, 6.45) is 0. The molecule has 19 heavy (non-hydrogen) atoms. The molecule has 2 N–H and O–H groups in total. The zero-order valence-corrected chi connectivity index (χ0v) is 13.0. The van der Waals surface area contributed by atoms with Gasteiger partial charge in [-0.3, -0.25) is 9.13 Å². The third kappa shape index (κ3) is 3.54. The first-order chi connectivity index (χ1) is 8.65. The summed E-state index contributed by atoms with van der Waals surface area (Å²) in [5.41, 5.74) is 0.793. The molecule has 0 atom stereocenters. The molecule has 0 aliphatic heterocycles. The minimum Gasteiger partial charge on any atom is -0.321 e. The fraction of sp³-hybridized carbons (Fsp3) is 0.455. The van der Waals surface area contributed by atoms with E-state index in [2.05, 4.69) is 0 Å². The first-order valence-electron chi connectivity index (χ1n) is 5.58. The van der Waals surface area contributed by atoms with Gasteiger partial charge in [0.05, 0.1) is 10.6 Å². The largest absolute Gasteiger partial charge is 0.361 e. The highest BCUT2D eigenvalue weighted by Crippen LogP contribution is 2.48. The van der Waals surface area contributed by atoms with Gasteiger partial charge in [-0.15, -0.1) is 0 Å². The summed E-state index contributed by atoms with van der Waals surface area (Å²) in [6.45, 7) is 3.83. The topological polar surface area (TPSA) is 93.1 Å². The van der Waals surface area contributed by atoms with Crippen molar-refractivity contribution in [3.05, 3.63) is 23.8 Å². The first kappa shape index (κ1) is 16.6. The van der Waals surface area contributed by atoms with Crippen LogP contribution in [0.1, 0.15) is 25.3 Å². The average Bonchev–Trinajstić information content (AvgIpc) is 2.36. The predicted octanol–water partition coefficient (Wildman–Crippen LogP) is 1.72. The standard InChI is InChI=1S/C11H18O6P2/c1-8(2)9-5-6-10(18(12,13)14)11(7-9)19(15,16-3)17-4/h5-8H,1-4H3,(H2,12,13,14). The summed E-state index contributed by atoms with van der Waals surface area (Å²) in [6, 6.07) is 4.33. The molecule has 1 aromatic rings. The van der Waals surface area contributed by atoms with Crippen LogP contribution >= 0.6 is 15.2 Å². The lowest BCUT2D eigenvalue weighted by Crippen LogP contribution is -2.27. The van der Waals surface area contributed by atoms with Gasteiger partial charge in [-0.1, -0.05) is 19.9 Å². The van der Waals surface area contributed by atoms with E-state index in [1.54, 1.807) is 6.07 Å². The summed E-state index contributed by atoms with van der Waals surface area (Å²) in [7, 11) is -5.93. The van der Waals surface area contributed by atoms with E-state index in [4.69, 9.17) is 9.05 Å². The fourth-order valence-corrected chi connectivity index (χ4v) is 4.23. The summed E-state index contributed by atoms with van der Waals surface area (Å²) >= 11 is 0. The number of hydrogen-bond acceptors (Lipinski definition) is 4. The van der Waals surface area contributed by atoms with Crippen LogP contribution in [-0.2, 0) is 18.2 Å². The van der Waals surface area contributed by atoms with Crippen molar-refractivity contribution in [2.45, 2.75) is 19.8 Å². The highest BCUT2D eigenvalue weighted by atomic mass is 31.2. The second-order valence-corrected chi connectivity index (χ2v) is 8.09. The lowest BCUT2D eigenvalue weighted by molar-refractivity contribution is 0.287. The minimum atomic E-state index is -4.56. The first-order valence-corrected chi connectivity index (χ1v) is 8.73. The van der Waals surface area contributed by atoms with E-state index in [-0.39, 0.29) is 16.5 Å². The molecule has 1 aromatic carbocycles. The van der Waals surface area contributed by atoms with Crippen LogP contribution in [0.4, 0.5) is 0 Å². The Morgan fingerprint density at radius 2 is 1.58 bits per heavy atom. The summed E-state index contributed by atoms with van der Waals surface area (Å²) in [5, 5.41) is -0.416. The number of benzene rings is 1. The maximum atomic E-state index is 12.4. The van der Waals surface area contributed by atoms with Crippen LogP contribution in [-0.4, -0.2) is 24.0 Å². The molecule has 108 valence electrons. The maximum absolute atomic E-state index is 12.4. The van der Waals surface area contributed by atoms with E-state index in [9.17, 15) is 18.9 Å². The zero-order valence-electron chi connectivity index (χ0n) is 11.2. The SMILES string of the molecule is COP(=O)(OC)c1cc(C(C)C)ccc1P(=O)(O)O. The molecule has 0 aliphatic rings. The monoisotopic (exact) mass is 308 g/mol. The van der Waals surface area contributed by atoms with Crippen molar-refractivity contribution in [2.24, 2.45) is 0 Å². The van der Waals surface area contributed by atoms with Crippen molar-refractivity contribution in [2.75, 3.05) is 14.2 Å². The van der Waals surface area contributed by atoms with Gasteiger partial charge in [0.1, 0.15) is 0 Å². The van der Waals surface area contributed by atoms with E-state index in [1.165, 1.54) is 26.4 Å². The Hall–Kier alpha value is -0.480. The molecule has 0 unspecified atom stereocenters. The van der Waals surface area contributed by atoms with Gasteiger partial charge in [0.25, 0.3) is 0 Å². The molecule has 6 nitrogen and oxygen atoms in total. The third-order valence-corrected chi connectivity index (χ3v) is 5.87. The Morgan fingerprint density at radius 3 is 1.95 bits per heavy atom. The number of hydrogen-bond donors (Lipinski definition) is 2. The molecule has 0 aromatic heterocycles. The van der Waals surface area contributed by atoms with Crippen molar-refractivity contribution in [1.29, 1.82) is 0 Å². The summed E-state index contributed by atoms with van der Waals surface area (Å²) in [5.74, 6) is 0.117. The Kier molecular flexibility index (Phi) is 5.13. The van der Waals surface area contributed by atoms with E-state index in [1.807, 2.05) is 13.8 Å². The fourth-order valence-electron chi connectivity index (χ4n) is 1.64. The number of rotatable bonds is 5. The second-order valence-electron chi connectivity index (χ2n) is 4.31. The van der Waals surface area contributed by atoms with Gasteiger partial charge in [0, 0.05) is 14.2 Å². The lowest BCUT2D eigenvalue weighted by atomic mass is 10.0. The van der Waals surface area contributed by atoms with Crippen LogP contribution in [0, 0.1) is 0 Å². The van der Waals surface area contributed by atoms with Crippen molar-refractivity contribution in [3.63, 3.8) is 0 Å². The lowest BCUT2D eigenvalue weighted by Gasteiger charge is -2.19. The highest BCUT2D eigenvalue weighted by molar-refractivity contribution is 7.68. The Balaban J connectivity index is 3.61. The highest BCUT2D eigenvalue weighted by Gasteiger charge is 2.34. The van der Waals surface area contributed by atoms with E-state index < -0.39 is 15.2 Å². The Bertz CT molecular complexity index is 540. The Morgan fingerprint density at radius 1 is 1.05 bits per heavy atom. The Labute approximate surface area is 112 Å². The maximum Gasteiger partial charge on any atom is 0.361 e. The van der Waals surface area contributed by atoms with Gasteiger partial charge in [-0.2, -0.15) is 0 Å². The molecule has 0 heterocycles. The summed E-state index contributed by atoms with van der Waals surface area (Å²) in [4.78, 5) is 18.7. The van der Waals surface area contributed by atoms with Crippen molar-refractivity contribution >= 4 is 25.8 Å². The van der Waals surface area contributed by atoms with Crippen LogP contribution < -0.4 is 10.6 Å². The molecule has 1 rings (SSSR count). The zero-order chi connectivity index (χ0) is 14.8. The smallest absolute Gasteiger partial charge is 0.321 e. The average molecular weight is 308 g/mol. The van der Waals surface area contributed by atoms with Crippen LogP contribution in [0.25, 0.3) is 0 Å². The molecule has 0 saturated heterocycles. The predicted molar refractivity (Wildman–Crippen MR) is 73.5 cm³/mol. The van der Waals surface area contributed by atoms with Crippen LogP contribution in [0.3, 0.4) is 0 Å². The molecule has 8 heteroatoms. The van der Waals surface area contributed by atoms with Crippen LogP contribution in [0.5, 0.6) is 0 Å². The van der Waals surface area contributed by atoms with E-state index in [0.717, 1.165) is 5.56 Å². The van der Waals surface area contributed by atoms with Gasteiger partial charge < -0.3 is 18.8 Å². The molecule has 0 bridgehead atoms. The molecule has 0 radical (unpaired) electrons. The molecular weight excluding hydrogens is 290 g/mol. The van der Waals surface area contributed by atoms with Gasteiger partial charge in [0.15, 0.2) is 0 Å². The second kappa shape index (κ2) is 5.88. The molecule has 0 amide bonds. The summed E-state index contributed by atoms with van der Waals surface area (Å²) < 4.78 is 33.5. The van der Waals surface area contributed by atoms with Gasteiger partial charge in [-0.05, 0) is 23.6 Å². The van der Waals surface area contributed by atoms with E-state index >= 15 is 0 Å². The molecule has 0 fully saturated rings. The molecule has 0 saturated carbocycles. The van der Waals surface area contributed by atoms with Gasteiger partial charge >= 0.3 is 15.2 Å². The van der Waals surface area contributed by atoms with Crippen molar-refractivity contribution in [1.82, 2.24) is 0 Å². The van der Waals surface area contributed by atoms with Crippen LogP contribution in [0.2, 0.25) is 0 Å². The minimum absolute atomic E-state index is 0.0861. The van der Waals surface area contributed by atoms with E-state index in [0.29, 0.717) is 0 Å². The van der Waals surface area contributed by atoms with Gasteiger partial charge in [-0.25, -0.2) is 0 Å². The molecule has 0 aliphatic carbocycles. The molecular formula is C11H18O6P2. The molecule has 0 spiro atoms. The normalized spacial score (nSPS) is 13.0. The quantitative estimate of drug-likeness (QED) is 0.805. The van der Waals surface area contributed by atoms with Crippen molar-refractivity contribution < 1.29 is 28.0 Å². The van der Waals surface area contributed by atoms with Gasteiger partial charge in [0.2, 0.25) is 0 Å². The van der Waals surface area contributed by atoms with Crippen LogP contribution in [0.15, 0.2) is 18.2 Å². The third-order valence-electron chi connectivity index (χ3n) is 2.76.